The van der Waals surface area contributed by atoms with E-state index in [-0.39, 0.29) is 8.46 Å². The average Bonchev–Trinajstić information content (AvgIpc) is 2.97. The van der Waals surface area contributed by atoms with Gasteiger partial charge < -0.3 is 4.57 Å². The Labute approximate surface area is 214 Å². The lowest BCUT2D eigenvalue weighted by Crippen LogP contribution is -2.22. The Balaban J connectivity index is 1.58. The molecule has 0 bridgehead atoms. The fraction of sp³-hybridized carbons (Fsp3) is 0.0625. The third-order valence-electron chi connectivity index (χ3n) is 6.64. The normalized spacial score (nSPS) is 11.9. The summed E-state index contributed by atoms with van der Waals surface area (Å²) < 4.78 is 27.5. The molecule has 4 heteroatoms. The molecule has 0 atom stereocenters. The van der Waals surface area contributed by atoms with E-state index in [1.54, 1.807) is 0 Å². The van der Waals surface area contributed by atoms with Crippen LogP contribution < -0.4 is 10.6 Å². The highest BCUT2D eigenvalue weighted by Gasteiger charge is 2.37. The van der Waals surface area contributed by atoms with Gasteiger partial charge in [0, 0.05) is 16.8 Å². The van der Waals surface area contributed by atoms with Crippen molar-refractivity contribution in [2.75, 3.05) is 0 Å². The van der Waals surface area contributed by atoms with Crippen LogP contribution in [0.3, 0.4) is 0 Å². The summed E-state index contributed by atoms with van der Waals surface area (Å²) in [5.41, 5.74) is 3.82. The molecular weight excluding hydrogens is 478 g/mol. The van der Waals surface area contributed by atoms with Gasteiger partial charge in [-0.1, -0.05) is 146 Å². The molecule has 2 nitrogen and oxygen atoms in total. The van der Waals surface area contributed by atoms with Gasteiger partial charge in [0.05, 0.1) is 0 Å². The monoisotopic (exact) mass is 504 g/mol. The van der Waals surface area contributed by atoms with Crippen LogP contribution in [0.4, 0.5) is 0 Å². The van der Waals surface area contributed by atoms with E-state index in [4.69, 9.17) is 0 Å². The number of rotatable bonds is 8. The second-order valence-corrected chi connectivity index (χ2v) is 12.5. The SMILES string of the molecule is O=PC(c1ccccc1)(c1ccccc1)c1ccc(CP(=O)(c2ccccc2)c2ccccc2)cc1. The summed E-state index contributed by atoms with van der Waals surface area (Å²) in [5, 5.41) is 0.867. The highest BCUT2D eigenvalue weighted by molar-refractivity contribution is 7.78. The van der Waals surface area contributed by atoms with Crippen molar-refractivity contribution in [3.63, 3.8) is 0 Å². The smallest absolute Gasteiger partial charge is 0.176 e. The Bertz CT molecular complexity index is 1380. The van der Waals surface area contributed by atoms with Crippen LogP contribution in [0.1, 0.15) is 22.3 Å². The number of hydrogen-bond donors (Lipinski definition) is 0. The molecule has 0 aliphatic carbocycles. The molecule has 5 rings (SSSR count). The van der Waals surface area contributed by atoms with Crippen LogP contribution in [0, 0.1) is 0 Å². The molecule has 0 fully saturated rings. The first kappa shape index (κ1) is 24.1. The molecule has 0 heterocycles. The van der Waals surface area contributed by atoms with Crippen LogP contribution in [-0.2, 0) is 20.4 Å². The summed E-state index contributed by atoms with van der Waals surface area (Å²) >= 11 is 0. The molecule has 0 aliphatic heterocycles. The molecule has 0 saturated carbocycles. The van der Waals surface area contributed by atoms with Gasteiger partial charge >= 0.3 is 0 Å². The largest absolute Gasteiger partial charge is 0.313 e. The van der Waals surface area contributed by atoms with Crippen molar-refractivity contribution in [3.05, 3.63) is 168 Å². The zero-order valence-electron chi connectivity index (χ0n) is 19.8. The van der Waals surface area contributed by atoms with Gasteiger partial charge in [0.2, 0.25) is 0 Å². The van der Waals surface area contributed by atoms with Crippen LogP contribution in [0.2, 0.25) is 0 Å². The van der Waals surface area contributed by atoms with Gasteiger partial charge in [-0.25, -0.2) is 0 Å². The second kappa shape index (κ2) is 10.6. The van der Waals surface area contributed by atoms with Crippen molar-refractivity contribution in [3.8, 4) is 0 Å². The van der Waals surface area contributed by atoms with Gasteiger partial charge in [0.25, 0.3) is 0 Å². The average molecular weight is 505 g/mol. The van der Waals surface area contributed by atoms with Crippen LogP contribution in [-0.4, -0.2) is 0 Å². The van der Waals surface area contributed by atoms with Crippen molar-refractivity contribution in [2.24, 2.45) is 0 Å². The van der Waals surface area contributed by atoms with Crippen LogP contribution in [0.25, 0.3) is 0 Å². The van der Waals surface area contributed by atoms with E-state index in [1.165, 1.54) is 0 Å². The molecule has 176 valence electrons. The molecule has 0 N–H and O–H groups in total. The van der Waals surface area contributed by atoms with Gasteiger partial charge in [-0.3, -0.25) is 4.57 Å². The third kappa shape index (κ3) is 4.51. The van der Waals surface area contributed by atoms with Crippen molar-refractivity contribution < 1.29 is 9.13 Å². The molecular formula is C32H26O2P2. The fourth-order valence-corrected chi connectivity index (χ4v) is 8.25. The number of benzene rings is 5. The van der Waals surface area contributed by atoms with Gasteiger partial charge in [0.1, 0.15) is 12.3 Å². The Kier molecular flexibility index (Phi) is 7.10. The minimum Gasteiger partial charge on any atom is -0.313 e. The minimum atomic E-state index is -2.89. The van der Waals surface area contributed by atoms with Gasteiger partial charge in [-0.05, 0) is 22.3 Å². The Hall–Kier alpha value is -3.57. The van der Waals surface area contributed by atoms with Crippen molar-refractivity contribution >= 4 is 26.2 Å². The van der Waals surface area contributed by atoms with Gasteiger partial charge in [-0.15, -0.1) is 0 Å². The maximum atomic E-state index is 14.5. The summed E-state index contributed by atoms with van der Waals surface area (Å²) in [7, 11) is -2.90. The molecule has 36 heavy (non-hydrogen) atoms. The fourth-order valence-electron chi connectivity index (χ4n) is 4.79. The Morgan fingerprint density at radius 2 is 0.861 bits per heavy atom. The molecule has 5 aromatic carbocycles. The topological polar surface area (TPSA) is 34.1 Å². The Morgan fingerprint density at radius 3 is 1.25 bits per heavy atom. The first-order valence-electron chi connectivity index (χ1n) is 11.9. The molecule has 0 saturated heterocycles. The summed E-state index contributed by atoms with van der Waals surface area (Å²) in [6.07, 6.45) is 0.417. The lowest BCUT2D eigenvalue weighted by atomic mass is 9.83. The zero-order valence-corrected chi connectivity index (χ0v) is 21.6. The first-order valence-corrected chi connectivity index (χ1v) is 14.6. The molecule has 5 aromatic rings. The zero-order chi connectivity index (χ0) is 24.8. The highest BCUT2D eigenvalue weighted by atomic mass is 31.2. The standard InChI is InChI=1S/C32H26O2P2/c33-35-32(27-13-5-1-6-14-27,28-15-7-2-8-16-28)29-23-21-26(22-24-29)25-36(34,30-17-9-3-10-18-30)31-19-11-4-12-20-31/h1-24H,25H2. The molecule has 0 aliphatic rings. The Morgan fingerprint density at radius 1 is 0.500 bits per heavy atom. The van der Waals surface area contributed by atoms with E-state index < -0.39 is 12.3 Å². The van der Waals surface area contributed by atoms with Crippen molar-refractivity contribution in [1.29, 1.82) is 0 Å². The summed E-state index contributed by atoms with van der Waals surface area (Å²) in [4.78, 5) is 0. The second-order valence-electron chi connectivity index (χ2n) is 8.80. The lowest BCUT2D eigenvalue weighted by Gasteiger charge is -2.29. The van der Waals surface area contributed by atoms with E-state index >= 15 is 0 Å². The summed E-state index contributed by atoms with van der Waals surface area (Å²) in [6, 6.07) is 47.5. The van der Waals surface area contributed by atoms with Crippen molar-refractivity contribution in [1.82, 2.24) is 0 Å². The van der Waals surface area contributed by atoms with Crippen LogP contribution in [0.15, 0.2) is 146 Å². The predicted octanol–water partition coefficient (Wildman–Crippen LogP) is 7.78. The number of hydrogen-bond acceptors (Lipinski definition) is 2. The maximum absolute atomic E-state index is 14.5. The van der Waals surface area contributed by atoms with E-state index in [1.807, 2.05) is 146 Å². The molecule has 0 amide bonds. The molecule has 0 aromatic heterocycles. The highest BCUT2D eigenvalue weighted by Crippen LogP contribution is 2.49. The predicted molar refractivity (Wildman–Crippen MR) is 150 cm³/mol. The van der Waals surface area contributed by atoms with E-state index in [0.29, 0.717) is 6.16 Å². The van der Waals surface area contributed by atoms with E-state index in [2.05, 4.69) is 0 Å². The maximum Gasteiger partial charge on any atom is 0.176 e. The van der Waals surface area contributed by atoms with Crippen LogP contribution >= 0.6 is 15.6 Å². The van der Waals surface area contributed by atoms with Crippen LogP contribution in [0.5, 0.6) is 0 Å². The quantitative estimate of drug-likeness (QED) is 0.160. The first-order chi connectivity index (χ1) is 17.7. The molecule has 0 unspecified atom stereocenters. The summed E-state index contributed by atoms with van der Waals surface area (Å²) in [5.74, 6) is 0. The summed E-state index contributed by atoms with van der Waals surface area (Å²) in [6.45, 7) is 0. The molecule has 0 spiro atoms. The van der Waals surface area contributed by atoms with E-state index in [0.717, 1.165) is 32.9 Å². The van der Waals surface area contributed by atoms with Crippen molar-refractivity contribution in [2.45, 2.75) is 11.3 Å². The third-order valence-corrected chi connectivity index (χ3v) is 10.8. The minimum absolute atomic E-state index is 0.0135. The van der Waals surface area contributed by atoms with E-state index in [9.17, 15) is 9.13 Å². The van der Waals surface area contributed by atoms with Gasteiger partial charge in [-0.2, -0.15) is 0 Å². The van der Waals surface area contributed by atoms with Gasteiger partial charge in [0.15, 0.2) is 8.46 Å². The molecule has 0 radical (unpaired) electrons. The lowest BCUT2D eigenvalue weighted by molar-refractivity contribution is 0.585.